The first-order chi connectivity index (χ1) is 9.08. The fourth-order valence-electron chi connectivity index (χ4n) is 2.38. The number of carbonyl (C=O) groups excluding carboxylic acids is 3. The zero-order chi connectivity index (χ0) is 13.8. The third kappa shape index (κ3) is 3.94. The monoisotopic (exact) mass is 268 g/mol. The molecule has 2 atom stereocenters. The largest absolute Gasteiger partial charge is 0.466 e. The van der Waals surface area contributed by atoms with Crippen LogP contribution in [0.1, 0.15) is 32.6 Å². The van der Waals surface area contributed by atoms with Gasteiger partial charge in [0.05, 0.1) is 18.4 Å². The number of ether oxygens (including phenoxy) is 1. The van der Waals surface area contributed by atoms with Crippen molar-refractivity contribution in [1.82, 2.24) is 10.6 Å². The first kappa shape index (κ1) is 13.8. The third-order valence-electron chi connectivity index (χ3n) is 3.57. The molecule has 1 aliphatic heterocycles. The number of esters is 1. The SMILES string of the molecule is CC(=O)OCCC(C(=O)NC1CC1)[C@@H]1CCNC1=O. The third-order valence-corrected chi connectivity index (χ3v) is 3.57. The topological polar surface area (TPSA) is 84.5 Å². The molecule has 0 radical (unpaired) electrons. The maximum absolute atomic E-state index is 12.2. The highest BCUT2D eigenvalue weighted by molar-refractivity contribution is 5.89. The second kappa shape index (κ2) is 6.04. The van der Waals surface area contributed by atoms with Crippen molar-refractivity contribution in [3.63, 3.8) is 0 Å². The summed E-state index contributed by atoms with van der Waals surface area (Å²) < 4.78 is 4.89. The van der Waals surface area contributed by atoms with Crippen LogP contribution < -0.4 is 10.6 Å². The van der Waals surface area contributed by atoms with Gasteiger partial charge in [0.1, 0.15) is 0 Å². The summed E-state index contributed by atoms with van der Waals surface area (Å²) in [7, 11) is 0. The average Bonchev–Trinajstić information content (AvgIpc) is 3.05. The standard InChI is InChI=1S/C13H20N2O4/c1-8(16)19-7-5-11(10-4-6-14-12(10)17)13(18)15-9-2-3-9/h9-11H,2-7H2,1H3,(H,14,17)(H,15,18)/t10-,11?/m0/s1. The molecule has 0 aromatic heterocycles. The quantitative estimate of drug-likeness (QED) is 0.663. The van der Waals surface area contributed by atoms with E-state index in [0.29, 0.717) is 19.4 Å². The lowest BCUT2D eigenvalue weighted by molar-refractivity contribution is -0.143. The highest BCUT2D eigenvalue weighted by Crippen LogP contribution is 2.26. The number of carbonyl (C=O) groups is 3. The van der Waals surface area contributed by atoms with E-state index in [1.54, 1.807) is 0 Å². The molecule has 1 saturated heterocycles. The van der Waals surface area contributed by atoms with Crippen molar-refractivity contribution in [3.8, 4) is 0 Å². The number of amides is 2. The molecule has 2 aliphatic rings. The molecule has 1 heterocycles. The van der Waals surface area contributed by atoms with Gasteiger partial charge < -0.3 is 15.4 Å². The van der Waals surface area contributed by atoms with Crippen LogP contribution in [-0.4, -0.2) is 37.0 Å². The summed E-state index contributed by atoms with van der Waals surface area (Å²) in [6.07, 6.45) is 3.09. The van der Waals surface area contributed by atoms with Crippen LogP contribution in [0.2, 0.25) is 0 Å². The lowest BCUT2D eigenvalue weighted by atomic mass is 9.87. The lowest BCUT2D eigenvalue weighted by Gasteiger charge is -2.20. The van der Waals surface area contributed by atoms with Gasteiger partial charge in [-0.3, -0.25) is 14.4 Å². The molecule has 0 aromatic carbocycles. The molecule has 6 heteroatoms. The van der Waals surface area contributed by atoms with Crippen LogP contribution in [0, 0.1) is 11.8 Å². The maximum Gasteiger partial charge on any atom is 0.302 e. The fourth-order valence-corrected chi connectivity index (χ4v) is 2.38. The summed E-state index contributed by atoms with van der Waals surface area (Å²) in [6.45, 7) is 2.13. The predicted molar refractivity (Wildman–Crippen MR) is 67.0 cm³/mol. The van der Waals surface area contributed by atoms with Gasteiger partial charge in [-0.05, 0) is 25.7 Å². The van der Waals surface area contributed by atoms with Crippen LogP contribution in [0.4, 0.5) is 0 Å². The summed E-state index contributed by atoms with van der Waals surface area (Å²) in [4.78, 5) is 34.7. The Hall–Kier alpha value is -1.59. The molecule has 2 amide bonds. The number of hydrogen-bond acceptors (Lipinski definition) is 4. The van der Waals surface area contributed by atoms with Crippen molar-refractivity contribution in [2.75, 3.05) is 13.2 Å². The molecule has 0 aromatic rings. The summed E-state index contributed by atoms with van der Waals surface area (Å²) in [5, 5.41) is 5.68. The Morgan fingerprint density at radius 3 is 2.68 bits per heavy atom. The molecule has 106 valence electrons. The summed E-state index contributed by atoms with van der Waals surface area (Å²) in [5.74, 6) is -1.22. The van der Waals surface area contributed by atoms with Gasteiger partial charge in [-0.2, -0.15) is 0 Å². The molecule has 19 heavy (non-hydrogen) atoms. The van der Waals surface area contributed by atoms with Gasteiger partial charge in [0.25, 0.3) is 0 Å². The number of rotatable bonds is 6. The summed E-state index contributed by atoms with van der Waals surface area (Å²) in [6, 6.07) is 0.271. The smallest absolute Gasteiger partial charge is 0.302 e. The van der Waals surface area contributed by atoms with Crippen molar-refractivity contribution >= 4 is 17.8 Å². The Bertz CT molecular complexity index is 379. The van der Waals surface area contributed by atoms with E-state index in [1.165, 1.54) is 6.92 Å². The minimum Gasteiger partial charge on any atom is -0.466 e. The minimum absolute atomic E-state index is 0.0706. The van der Waals surface area contributed by atoms with E-state index in [1.807, 2.05) is 0 Å². The molecular weight excluding hydrogens is 248 g/mol. The molecule has 2 N–H and O–H groups in total. The van der Waals surface area contributed by atoms with Crippen molar-refractivity contribution < 1.29 is 19.1 Å². The Morgan fingerprint density at radius 2 is 2.16 bits per heavy atom. The molecular formula is C13H20N2O4. The minimum atomic E-state index is -0.401. The summed E-state index contributed by atoms with van der Waals surface area (Å²) >= 11 is 0. The Labute approximate surface area is 112 Å². The molecule has 1 unspecified atom stereocenters. The van der Waals surface area contributed by atoms with E-state index >= 15 is 0 Å². The molecule has 1 aliphatic carbocycles. The van der Waals surface area contributed by atoms with Crippen LogP contribution in [-0.2, 0) is 19.1 Å². The van der Waals surface area contributed by atoms with Gasteiger partial charge in [0.15, 0.2) is 0 Å². The Kier molecular flexibility index (Phi) is 4.39. The van der Waals surface area contributed by atoms with Crippen LogP contribution in [0.25, 0.3) is 0 Å². The Balaban J connectivity index is 1.92. The van der Waals surface area contributed by atoms with Crippen molar-refractivity contribution in [2.24, 2.45) is 11.8 Å². The van der Waals surface area contributed by atoms with Crippen LogP contribution in [0.15, 0.2) is 0 Å². The average molecular weight is 268 g/mol. The molecule has 6 nitrogen and oxygen atoms in total. The molecule has 0 bridgehead atoms. The van der Waals surface area contributed by atoms with Crippen molar-refractivity contribution in [2.45, 2.75) is 38.6 Å². The molecule has 0 spiro atoms. The fraction of sp³-hybridized carbons (Fsp3) is 0.769. The predicted octanol–water partition coefficient (Wildman–Crippen LogP) is -0.0295. The van der Waals surface area contributed by atoms with Crippen LogP contribution >= 0.6 is 0 Å². The Morgan fingerprint density at radius 1 is 1.42 bits per heavy atom. The first-order valence-electron chi connectivity index (χ1n) is 6.79. The molecule has 2 fully saturated rings. The van der Waals surface area contributed by atoms with Crippen molar-refractivity contribution in [3.05, 3.63) is 0 Å². The van der Waals surface area contributed by atoms with E-state index in [2.05, 4.69) is 10.6 Å². The van der Waals surface area contributed by atoms with E-state index in [-0.39, 0.29) is 36.4 Å². The van der Waals surface area contributed by atoms with Crippen molar-refractivity contribution in [1.29, 1.82) is 0 Å². The van der Waals surface area contributed by atoms with Gasteiger partial charge in [-0.25, -0.2) is 0 Å². The number of hydrogen-bond donors (Lipinski definition) is 2. The lowest BCUT2D eigenvalue weighted by Crippen LogP contribution is -2.39. The van der Waals surface area contributed by atoms with Gasteiger partial charge in [0.2, 0.25) is 11.8 Å². The first-order valence-corrected chi connectivity index (χ1v) is 6.79. The van der Waals surface area contributed by atoms with E-state index in [9.17, 15) is 14.4 Å². The van der Waals surface area contributed by atoms with Gasteiger partial charge in [0, 0.05) is 19.5 Å². The van der Waals surface area contributed by atoms with Gasteiger partial charge >= 0.3 is 5.97 Å². The molecule has 1 saturated carbocycles. The van der Waals surface area contributed by atoms with E-state index in [0.717, 1.165) is 12.8 Å². The van der Waals surface area contributed by atoms with E-state index in [4.69, 9.17) is 4.74 Å². The second-order valence-corrected chi connectivity index (χ2v) is 5.20. The zero-order valence-electron chi connectivity index (χ0n) is 11.1. The normalized spacial score (nSPS) is 23.6. The second-order valence-electron chi connectivity index (χ2n) is 5.20. The maximum atomic E-state index is 12.2. The van der Waals surface area contributed by atoms with Crippen LogP contribution in [0.5, 0.6) is 0 Å². The summed E-state index contributed by atoms with van der Waals surface area (Å²) in [5.41, 5.74) is 0. The molecule has 2 rings (SSSR count). The van der Waals surface area contributed by atoms with Gasteiger partial charge in [-0.15, -0.1) is 0 Å². The zero-order valence-corrected chi connectivity index (χ0v) is 11.1. The highest BCUT2D eigenvalue weighted by atomic mass is 16.5. The highest BCUT2D eigenvalue weighted by Gasteiger charge is 2.38. The van der Waals surface area contributed by atoms with Gasteiger partial charge in [-0.1, -0.05) is 0 Å². The number of nitrogens with one attached hydrogen (secondary N) is 2. The van der Waals surface area contributed by atoms with E-state index < -0.39 is 5.92 Å². The van der Waals surface area contributed by atoms with Crippen LogP contribution in [0.3, 0.4) is 0 Å².